The predicted octanol–water partition coefficient (Wildman–Crippen LogP) is 2.07. The molecule has 1 saturated carbocycles. The molecule has 6 heteroatoms. The fourth-order valence-corrected chi connectivity index (χ4v) is 4.78. The van der Waals surface area contributed by atoms with E-state index < -0.39 is 11.5 Å². The van der Waals surface area contributed by atoms with Crippen LogP contribution in [0.1, 0.15) is 52.9 Å². The number of piperidine rings is 2. The Morgan fingerprint density at radius 1 is 1.12 bits per heavy atom. The first-order valence-electron chi connectivity index (χ1n) is 9.03. The molecule has 2 amide bonds. The van der Waals surface area contributed by atoms with Crippen molar-refractivity contribution in [3.8, 4) is 0 Å². The van der Waals surface area contributed by atoms with Crippen LogP contribution in [0.4, 0.5) is 0 Å². The van der Waals surface area contributed by atoms with Crippen molar-refractivity contribution >= 4 is 24.2 Å². The van der Waals surface area contributed by atoms with Gasteiger partial charge in [-0.1, -0.05) is 27.2 Å². The third kappa shape index (κ3) is 2.99. The number of aliphatic hydroxyl groups excluding tert-OH is 1. The lowest BCUT2D eigenvalue weighted by atomic mass is 9.62. The van der Waals surface area contributed by atoms with Crippen LogP contribution >= 0.6 is 12.4 Å². The Balaban J connectivity index is 0.00000208. The lowest BCUT2D eigenvalue weighted by molar-refractivity contribution is -0.169. The van der Waals surface area contributed by atoms with Crippen LogP contribution in [-0.4, -0.2) is 59.0 Å². The van der Waals surface area contributed by atoms with Crippen LogP contribution in [0, 0.1) is 16.7 Å². The largest absolute Gasteiger partial charge is 0.390 e. The smallest absolute Gasteiger partial charge is 0.235 e. The van der Waals surface area contributed by atoms with Gasteiger partial charge in [-0.3, -0.25) is 14.5 Å². The molecule has 2 aliphatic heterocycles. The Labute approximate surface area is 151 Å². The van der Waals surface area contributed by atoms with E-state index in [0.717, 1.165) is 25.9 Å². The SMILES string of the molecule is CC12CCC(C(=O)N(CC(O)CN3CCCCC3)C1=O)C2(C)C.Cl. The van der Waals surface area contributed by atoms with Crippen molar-refractivity contribution in [3.05, 3.63) is 0 Å². The molecule has 5 nitrogen and oxygen atoms in total. The van der Waals surface area contributed by atoms with Crippen LogP contribution in [-0.2, 0) is 9.59 Å². The summed E-state index contributed by atoms with van der Waals surface area (Å²) in [6.07, 6.45) is 4.50. The molecule has 2 saturated heterocycles. The highest BCUT2D eigenvalue weighted by Crippen LogP contribution is 2.59. The first kappa shape index (κ1) is 19.7. The van der Waals surface area contributed by atoms with Gasteiger partial charge in [0.05, 0.1) is 18.1 Å². The van der Waals surface area contributed by atoms with Crippen molar-refractivity contribution in [1.82, 2.24) is 9.80 Å². The first-order chi connectivity index (χ1) is 10.8. The molecule has 3 fully saturated rings. The maximum atomic E-state index is 12.9. The molecule has 3 atom stereocenters. The van der Waals surface area contributed by atoms with Gasteiger partial charge in [-0.05, 0) is 44.2 Å². The van der Waals surface area contributed by atoms with Crippen LogP contribution in [0.2, 0.25) is 0 Å². The van der Waals surface area contributed by atoms with Gasteiger partial charge in [0.1, 0.15) is 0 Å². The van der Waals surface area contributed by atoms with Gasteiger partial charge in [-0.25, -0.2) is 0 Å². The third-order valence-electron chi connectivity index (χ3n) is 6.82. The minimum Gasteiger partial charge on any atom is -0.390 e. The summed E-state index contributed by atoms with van der Waals surface area (Å²) in [5.74, 6) is -0.251. The van der Waals surface area contributed by atoms with E-state index in [-0.39, 0.29) is 42.1 Å². The van der Waals surface area contributed by atoms with Gasteiger partial charge in [0.25, 0.3) is 0 Å². The normalized spacial score (nSPS) is 34.2. The number of amides is 2. The summed E-state index contributed by atoms with van der Waals surface area (Å²) < 4.78 is 0. The van der Waals surface area contributed by atoms with Crippen molar-refractivity contribution in [2.45, 2.75) is 59.0 Å². The highest BCUT2D eigenvalue weighted by atomic mass is 35.5. The molecule has 138 valence electrons. The van der Waals surface area contributed by atoms with Gasteiger partial charge in [-0.2, -0.15) is 0 Å². The molecule has 0 spiro atoms. The second-order valence-electron chi connectivity index (χ2n) is 8.41. The van der Waals surface area contributed by atoms with Crippen molar-refractivity contribution < 1.29 is 14.7 Å². The van der Waals surface area contributed by atoms with Crippen LogP contribution in [0.3, 0.4) is 0 Å². The van der Waals surface area contributed by atoms with Crippen molar-refractivity contribution in [3.63, 3.8) is 0 Å². The van der Waals surface area contributed by atoms with Crippen LogP contribution < -0.4 is 0 Å². The molecule has 0 aromatic rings. The van der Waals surface area contributed by atoms with E-state index in [1.807, 2.05) is 20.8 Å². The number of imide groups is 1. The molecular formula is C18H31ClN2O3. The first-order valence-corrected chi connectivity index (χ1v) is 9.03. The molecule has 3 unspecified atom stereocenters. The Bertz CT molecular complexity index is 504. The average molecular weight is 359 g/mol. The number of nitrogens with zero attached hydrogens (tertiary/aromatic N) is 2. The number of halogens is 1. The zero-order chi connectivity index (χ0) is 16.8. The van der Waals surface area contributed by atoms with Crippen molar-refractivity contribution in [2.24, 2.45) is 16.7 Å². The Kier molecular flexibility index (Phi) is 5.68. The summed E-state index contributed by atoms with van der Waals surface area (Å²) in [5, 5.41) is 10.4. The lowest BCUT2D eigenvalue weighted by Crippen LogP contribution is -2.60. The van der Waals surface area contributed by atoms with E-state index in [9.17, 15) is 14.7 Å². The van der Waals surface area contributed by atoms with Gasteiger partial charge >= 0.3 is 0 Å². The number of fused-ring (bicyclic) bond motifs is 2. The number of rotatable bonds is 4. The molecular weight excluding hydrogens is 328 g/mol. The minimum absolute atomic E-state index is 0. The van der Waals surface area contributed by atoms with E-state index in [0.29, 0.717) is 6.54 Å². The molecule has 0 aromatic carbocycles. The molecule has 1 N–H and O–H groups in total. The Morgan fingerprint density at radius 3 is 2.38 bits per heavy atom. The molecule has 1 aliphatic carbocycles. The van der Waals surface area contributed by atoms with E-state index in [1.165, 1.54) is 24.2 Å². The zero-order valence-electron chi connectivity index (χ0n) is 15.1. The highest BCUT2D eigenvalue weighted by molar-refractivity contribution is 6.03. The summed E-state index contributed by atoms with van der Waals surface area (Å²) in [6.45, 7) is 8.80. The zero-order valence-corrected chi connectivity index (χ0v) is 15.9. The monoisotopic (exact) mass is 358 g/mol. The average Bonchev–Trinajstić information content (AvgIpc) is 2.70. The fraction of sp³-hybridized carbons (Fsp3) is 0.889. The number of aliphatic hydroxyl groups is 1. The predicted molar refractivity (Wildman–Crippen MR) is 94.9 cm³/mol. The number of likely N-dealkylation sites (tertiary alicyclic amines) is 2. The maximum Gasteiger partial charge on any atom is 0.235 e. The minimum atomic E-state index is -0.648. The lowest BCUT2D eigenvalue weighted by Gasteiger charge is -2.48. The molecule has 0 aromatic heterocycles. The molecule has 0 radical (unpaired) electrons. The summed E-state index contributed by atoms with van der Waals surface area (Å²) in [5.41, 5.74) is -0.758. The van der Waals surface area contributed by atoms with E-state index >= 15 is 0 Å². The Morgan fingerprint density at radius 2 is 1.75 bits per heavy atom. The van der Waals surface area contributed by atoms with E-state index in [4.69, 9.17) is 0 Å². The van der Waals surface area contributed by atoms with Crippen LogP contribution in [0.5, 0.6) is 0 Å². The fourth-order valence-electron chi connectivity index (χ4n) is 4.78. The summed E-state index contributed by atoms with van der Waals surface area (Å²) in [7, 11) is 0. The molecule has 2 bridgehead atoms. The van der Waals surface area contributed by atoms with E-state index in [2.05, 4.69) is 4.90 Å². The van der Waals surface area contributed by atoms with Gasteiger partial charge in [0.2, 0.25) is 11.8 Å². The molecule has 2 heterocycles. The third-order valence-corrected chi connectivity index (χ3v) is 6.82. The van der Waals surface area contributed by atoms with E-state index in [1.54, 1.807) is 0 Å². The van der Waals surface area contributed by atoms with Crippen molar-refractivity contribution in [2.75, 3.05) is 26.2 Å². The molecule has 3 aliphatic rings. The molecule has 3 rings (SSSR count). The quantitative estimate of drug-likeness (QED) is 0.781. The van der Waals surface area contributed by atoms with Crippen LogP contribution in [0.15, 0.2) is 0 Å². The van der Waals surface area contributed by atoms with Crippen LogP contribution in [0.25, 0.3) is 0 Å². The standard InChI is InChI=1S/C18H30N2O3.ClH/c1-17(2)14-7-8-18(17,3)16(23)20(15(14)22)12-13(21)11-19-9-5-4-6-10-19;/h13-14,21H,4-12H2,1-3H3;1H. The number of hydrogen-bond donors (Lipinski definition) is 1. The molecule has 24 heavy (non-hydrogen) atoms. The summed E-state index contributed by atoms with van der Waals surface area (Å²) in [4.78, 5) is 29.3. The number of hydrogen-bond acceptors (Lipinski definition) is 4. The highest BCUT2D eigenvalue weighted by Gasteiger charge is 2.64. The summed E-state index contributed by atoms with van der Waals surface area (Å²) in [6, 6.07) is 0. The van der Waals surface area contributed by atoms with Crippen molar-refractivity contribution in [1.29, 1.82) is 0 Å². The Hall–Kier alpha value is -0.650. The van der Waals surface area contributed by atoms with Gasteiger partial charge in [0, 0.05) is 12.5 Å². The van der Waals surface area contributed by atoms with Gasteiger partial charge in [-0.15, -0.1) is 12.4 Å². The second kappa shape index (κ2) is 6.93. The number of carbonyl (C=O) groups is 2. The summed E-state index contributed by atoms with van der Waals surface area (Å²) >= 11 is 0. The maximum absolute atomic E-state index is 12.9. The van der Waals surface area contributed by atoms with Gasteiger partial charge in [0.15, 0.2) is 0 Å². The number of carbonyl (C=O) groups excluding carboxylic acids is 2. The second-order valence-corrected chi connectivity index (χ2v) is 8.41. The topological polar surface area (TPSA) is 60.9 Å². The number of β-amino-alcohol motifs (C(OH)–C–C–N with tert-alkyl or cyclic N) is 1. The van der Waals surface area contributed by atoms with Gasteiger partial charge < -0.3 is 10.0 Å².